The van der Waals surface area contributed by atoms with Crippen molar-refractivity contribution in [3.05, 3.63) is 35.9 Å². The summed E-state index contributed by atoms with van der Waals surface area (Å²) in [5, 5.41) is 2.67. The Bertz CT molecular complexity index is 500. The lowest BCUT2D eigenvalue weighted by Crippen LogP contribution is -2.14. The predicted octanol–water partition coefficient (Wildman–Crippen LogP) is 1.87. The molecule has 0 aliphatic carbocycles. The van der Waals surface area contributed by atoms with E-state index in [1.165, 1.54) is 0 Å². The van der Waals surface area contributed by atoms with Crippen LogP contribution < -0.4 is 11.1 Å². The molecule has 1 amide bonds. The molecule has 0 atom stereocenters. The Morgan fingerprint density at radius 3 is 2.82 bits per heavy atom. The molecule has 0 fully saturated rings. The monoisotopic (exact) mass is 250 g/mol. The fourth-order valence-corrected chi connectivity index (χ4v) is 1.53. The molecule has 0 spiro atoms. The van der Waals surface area contributed by atoms with Crippen LogP contribution in [0.4, 0.5) is 15.9 Å². The molecule has 0 saturated carbocycles. The van der Waals surface area contributed by atoms with Crippen molar-refractivity contribution in [3.63, 3.8) is 0 Å². The molecule has 88 valence electrons. The van der Waals surface area contributed by atoms with Crippen LogP contribution in [0.15, 0.2) is 30.3 Å². The van der Waals surface area contributed by atoms with Gasteiger partial charge in [-0.25, -0.2) is 4.79 Å². The van der Waals surface area contributed by atoms with Crippen LogP contribution in [0.25, 0.3) is 0 Å². The molecule has 0 bridgehead atoms. The van der Waals surface area contributed by atoms with Gasteiger partial charge in [0.2, 0.25) is 11.1 Å². The Kier molecular flexibility index (Phi) is 3.51. The Labute approximate surface area is 102 Å². The summed E-state index contributed by atoms with van der Waals surface area (Å²) in [4.78, 5) is 15.1. The number of nitrogens with two attached hydrogens (primary N) is 1. The predicted molar refractivity (Wildman–Crippen MR) is 64.6 cm³/mol. The van der Waals surface area contributed by atoms with Gasteiger partial charge in [-0.2, -0.15) is 9.36 Å². The zero-order valence-electron chi connectivity index (χ0n) is 8.79. The second-order valence-electron chi connectivity index (χ2n) is 3.14. The van der Waals surface area contributed by atoms with Crippen molar-refractivity contribution >= 4 is 28.7 Å². The molecule has 0 aliphatic rings. The number of amides is 1. The van der Waals surface area contributed by atoms with Gasteiger partial charge in [-0.05, 0) is 5.56 Å². The lowest BCUT2D eigenvalue weighted by Gasteiger charge is -2.03. The molecule has 1 aromatic carbocycles. The average Bonchev–Trinajstić information content (AvgIpc) is 2.73. The van der Waals surface area contributed by atoms with Crippen molar-refractivity contribution in [2.24, 2.45) is 0 Å². The van der Waals surface area contributed by atoms with Gasteiger partial charge >= 0.3 is 6.09 Å². The molecule has 3 N–H and O–H groups in total. The highest BCUT2D eigenvalue weighted by atomic mass is 32.1. The highest BCUT2D eigenvalue weighted by molar-refractivity contribution is 7.09. The summed E-state index contributed by atoms with van der Waals surface area (Å²) in [6, 6.07) is 9.38. The summed E-state index contributed by atoms with van der Waals surface area (Å²) in [5.41, 5.74) is 6.28. The first-order valence-electron chi connectivity index (χ1n) is 4.81. The number of ether oxygens (including phenoxy) is 1. The summed E-state index contributed by atoms with van der Waals surface area (Å²) in [7, 11) is 0. The second-order valence-corrected chi connectivity index (χ2v) is 3.93. The lowest BCUT2D eigenvalue weighted by atomic mass is 10.2. The zero-order chi connectivity index (χ0) is 12.1. The smallest absolute Gasteiger partial charge is 0.414 e. The number of carbonyl (C=O) groups excluding carboxylic acids is 1. The SMILES string of the molecule is Nc1nc(NC(=O)OCc2ccccc2)ns1. The Morgan fingerprint density at radius 1 is 1.41 bits per heavy atom. The van der Waals surface area contributed by atoms with Crippen molar-refractivity contribution in [1.82, 2.24) is 9.36 Å². The molecular formula is C10H10N4O2S. The van der Waals surface area contributed by atoms with Gasteiger partial charge in [-0.1, -0.05) is 30.3 Å². The second kappa shape index (κ2) is 5.26. The number of benzene rings is 1. The molecule has 0 radical (unpaired) electrons. The van der Waals surface area contributed by atoms with Crippen LogP contribution >= 0.6 is 11.5 Å². The highest BCUT2D eigenvalue weighted by Crippen LogP contribution is 2.10. The fourth-order valence-electron chi connectivity index (χ4n) is 1.14. The molecule has 2 aromatic rings. The van der Waals surface area contributed by atoms with Crippen LogP contribution in [0.2, 0.25) is 0 Å². The number of carbonyl (C=O) groups is 1. The summed E-state index contributed by atoms with van der Waals surface area (Å²) in [5.74, 6) is 0.158. The zero-order valence-corrected chi connectivity index (χ0v) is 9.61. The summed E-state index contributed by atoms with van der Waals surface area (Å²) in [6.45, 7) is 0.201. The van der Waals surface area contributed by atoms with Gasteiger partial charge < -0.3 is 10.5 Å². The number of rotatable bonds is 3. The molecule has 2 rings (SSSR count). The molecule has 7 heteroatoms. The minimum atomic E-state index is -0.605. The summed E-state index contributed by atoms with van der Waals surface area (Å²) >= 11 is 1.01. The third-order valence-corrected chi connectivity index (χ3v) is 2.41. The number of aromatic nitrogens is 2. The number of hydrogen-bond acceptors (Lipinski definition) is 6. The first kappa shape index (κ1) is 11.3. The van der Waals surface area contributed by atoms with Gasteiger partial charge in [-0.15, -0.1) is 0 Å². The molecular weight excluding hydrogens is 240 g/mol. The summed E-state index contributed by atoms with van der Waals surface area (Å²) in [6.07, 6.45) is -0.605. The molecule has 0 saturated heterocycles. The molecule has 1 heterocycles. The lowest BCUT2D eigenvalue weighted by molar-refractivity contribution is 0.155. The van der Waals surface area contributed by atoms with E-state index in [2.05, 4.69) is 14.7 Å². The van der Waals surface area contributed by atoms with E-state index in [1.54, 1.807) is 0 Å². The minimum Gasteiger partial charge on any atom is -0.444 e. The number of nitrogens with zero attached hydrogens (tertiary/aromatic N) is 2. The third kappa shape index (κ3) is 3.42. The Morgan fingerprint density at radius 2 is 2.18 bits per heavy atom. The standard InChI is InChI=1S/C10H10N4O2S/c11-8-12-9(14-17-8)13-10(15)16-6-7-4-2-1-3-5-7/h1-5H,6H2,(H3,11,12,13,14,15). The van der Waals surface area contributed by atoms with E-state index in [4.69, 9.17) is 10.5 Å². The highest BCUT2D eigenvalue weighted by Gasteiger charge is 2.07. The van der Waals surface area contributed by atoms with Crippen molar-refractivity contribution in [1.29, 1.82) is 0 Å². The topological polar surface area (TPSA) is 90.1 Å². The fraction of sp³-hybridized carbons (Fsp3) is 0.100. The Balaban J connectivity index is 1.82. The van der Waals surface area contributed by atoms with Crippen LogP contribution in [0.5, 0.6) is 0 Å². The van der Waals surface area contributed by atoms with Crippen LogP contribution in [0, 0.1) is 0 Å². The quantitative estimate of drug-likeness (QED) is 0.867. The number of nitrogens with one attached hydrogen (secondary N) is 1. The van der Waals surface area contributed by atoms with Gasteiger partial charge in [0.15, 0.2) is 0 Å². The maximum atomic E-state index is 11.3. The third-order valence-electron chi connectivity index (χ3n) is 1.87. The van der Waals surface area contributed by atoms with Crippen molar-refractivity contribution in [2.75, 3.05) is 11.1 Å². The van der Waals surface area contributed by atoms with E-state index in [-0.39, 0.29) is 12.6 Å². The van der Waals surface area contributed by atoms with Crippen molar-refractivity contribution in [2.45, 2.75) is 6.61 Å². The van der Waals surface area contributed by atoms with Crippen molar-refractivity contribution in [3.8, 4) is 0 Å². The number of nitrogen functional groups attached to an aromatic ring is 1. The van der Waals surface area contributed by atoms with Crippen molar-refractivity contribution < 1.29 is 9.53 Å². The first-order valence-corrected chi connectivity index (χ1v) is 5.58. The largest absolute Gasteiger partial charge is 0.444 e. The first-order chi connectivity index (χ1) is 8.24. The average molecular weight is 250 g/mol. The minimum absolute atomic E-state index is 0.158. The van der Waals surface area contributed by atoms with E-state index in [9.17, 15) is 4.79 Å². The summed E-state index contributed by atoms with van der Waals surface area (Å²) < 4.78 is 8.78. The van der Waals surface area contributed by atoms with Gasteiger partial charge in [-0.3, -0.25) is 5.32 Å². The van der Waals surface area contributed by atoms with E-state index in [0.29, 0.717) is 5.13 Å². The molecule has 1 aromatic heterocycles. The Hall–Kier alpha value is -2.15. The maximum Gasteiger partial charge on any atom is 0.414 e. The van der Waals surface area contributed by atoms with Crippen LogP contribution in [0.1, 0.15) is 5.56 Å². The van der Waals surface area contributed by atoms with Crippen LogP contribution in [-0.4, -0.2) is 15.5 Å². The number of anilines is 2. The molecule has 6 nitrogen and oxygen atoms in total. The van der Waals surface area contributed by atoms with Gasteiger partial charge in [0, 0.05) is 11.5 Å². The van der Waals surface area contributed by atoms with Gasteiger partial charge in [0.05, 0.1) is 0 Å². The van der Waals surface area contributed by atoms with Crippen LogP contribution in [-0.2, 0) is 11.3 Å². The normalized spacial score (nSPS) is 9.88. The van der Waals surface area contributed by atoms with E-state index < -0.39 is 6.09 Å². The van der Waals surface area contributed by atoms with Gasteiger partial charge in [0.25, 0.3) is 0 Å². The molecule has 17 heavy (non-hydrogen) atoms. The number of hydrogen-bond donors (Lipinski definition) is 2. The molecule has 0 aliphatic heterocycles. The van der Waals surface area contributed by atoms with Gasteiger partial charge in [0.1, 0.15) is 6.61 Å². The van der Waals surface area contributed by atoms with E-state index in [1.807, 2.05) is 30.3 Å². The van der Waals surface area contributed by atoms with E-state index >= 15 is 0 Å². The molecule has 0 unspecified atom stereocenters. The maximum absolute atomic E-state index is 11.3. The van der Waals surface area contributed by atoms with Crippen LogP contribution in [0.3, 0.4) is 0 Å². The van der Waals surface area contributed by atoms with E-state index in [0.717, 1.165) is 17.1 Å².